The van der Waals surface area contributed by atoms with E-state index in [-0.39, 0.29) is 0 Å². The van der Waals surface area contributed by atoms with E-state index in [4.69, 9.17) is 16.1 Å². The molecule has 0 saturated heterocycles. The van der Waals surface area contributed by atoms with E-state index in [2.05, 4.69) is 18.0 Å². The van der Waals surface area contributed by atoms with E-state index < -0.39 is 0 Å². The second-order valence-electron chi connectivity index (χ2n) is 6.68. The third-order valence-corrected chi connectivity index (χ3v) is 4.96. The largest absolute Gasteiger partial charge is 0.402 e. The lowest BCUT2D eigenvalue weighted by molar-refractivity contribution is 0.685. The number of allylic oxidation sites excluding steroid dienone is 2. The lowest BCUT2D eigenvalue weighted by Crippen LogP contribution is -2.13. The molecule has 2 aromatic rings. The van der Waals surface area contributed by atoms with Gasteiger partial charge in [-0.15, -0.1) is 0 Å². The molecule has 0 fully saturated rings. The first-order valence-electron chi connectivity index (χ1n) is 9.00. The maximum atomic E-state index is 7.88. The normalized spacial score (nSPS) is 15.3. The fourth-order valence-corrected chi connectivity index (χ4v) is 3.69. The van der Waals surface area contributed by atoms with Crippen molar-refractivity contribution in [1.29, 1.82) is 5.41 Å². The van der Waals surface area contributed by atoms with Crippen LogP contribution in [-0.4, -0.2) is 24.0 Å². The third-order valence-electron chi connectivity index (χ3n) is 4.96. The molecule has 4 heteroatoms. The summed E-state index contributed by atoms with van der Waals surface area (Å²) < 4.78 is 0. The van der Waals surface area contributed by atoms with Crippen LogP contribution in [0.15, 0.2) is 22.8 Å². The summed E-state index contributed by atoms with van der Waals surface area (Å²) in [4.78, 5) is 9.39. The van der Waals surface area contributed by atoms with E-state index in [1.807, 2.05) is 26.1 Å². The van der Waals surface area contributed by atoms with Crippen LogP contribution in [0, 0.1) is 12.3 Å². The Balaban J connectivity index is 2.39. The highest BCUT2D eigenvalue weighted by atomic mass is 14.8. The van der Waals surface area contributed by atoms with Gasteiger partial charge in [-0.2, -0.15) is 0 Å². The number of fused-ring (bicyclic) bond motifs is 3. The number of aromatic nitrogens is 1. The van der Waals surface area contributed by atoms with Gasteiger partial charge < -0.3 is 11.1 Å². The van der Waals surface area contributed by atoms with Crippen LogP contribution >= 0.6 is 0 Å². The van der Waals surface area contributed by atoms with E-state index in [0.29, 0.717) is 0 Å². The van der Waals surface area contributed by atoms with Gasteiger partial charge in [-0.25, -0.2) is 4.98 Å². The number of hydrogen-bond acceptors (Lipinski definition) is 4. The van der Waals surface area contributed by atoms with Crippen LogP contribution in [0.1, 0.15) is 54.6 Å². The Labute approximate surface area is 149 Å². The Morgan fingerprint density at radius 3 is 2.64 bits per heavy atom. The highest BCUT2D eigenvalue weighted by Gasteiger charge is 2.22. The molecule has 0 atom stereocenters. The van der Waals surface area contributed by atoms with Gasteiger partial charge in [-0.3, -0.25) is 4.99 Å². The molecule has 0 amide bonds. The molecule has 3 rings (SSSR count). The van der Waals surface area contributed by atoms with Crippen LogP contribution in [0.2, 0.25) is 0 Å². The van der Waals surface area contributed by atoms with Crippen molar-refractivity contribution in [3.05, 3.63) is 45.8 Å². The molecule has 1 aromatic heterocycles. The monoisotopic (exact) mass is 334 g/mol. The van der Waals surface area contributed by atoms with Gasteiger partial charge in [0, 0.05) is 41.2 Å². The lowest BCUT2D eigenvalue weighted by Gasteiger charge is -2.23. The SMILES string of the molecule is CCN=C/C(=C(/C)N)c1nc2ccc(C)c(C=N)c2c2c1CCCC2. The predicted molar refractivity (Wildman–Crippen MR) is 107 cm³/mol. The van der Waals surface area contributed by atoms with E-state index in [1.165, 1.54) is 30.2 Å². The first kappa shape index (κ1) is 17.3. The summed E-state index contributed by atoms with van der Waals surface area (Å²) >= 11 is 0. The molecule has 0 unspecified atom stereocenters. The topological polar surface area (TPSA) is 75.1 Å². The summed E-state index contributed by atoms with van der Waals surface area (Å²) in [5.41, 5.74) is 14.5. The Bertz CT molecular complexity index is 887. The van der Waals surface area contributed by atoms with Crippen LogP contribution < -0.4 is 5.73 Å². The maximum absolute atomic E-state index is 7.88. The van der Waals surface area contributed by atoms with Gasteiger partial charge in [0.05, 0.1) is 11.2 Å². The van der Waals surface area contributed by atoms with E-state index >= 15 is 0 Å². The third kappa shape index (κ3) is 3.09. The number of benzene rings is 1. The Hall–Kier alpha value is -2.49. The van der Waals surface area contributed by atoms with Gasteiger partial charge in [-0.05, 0) is 69.2 Å². The highest BCUT2D eigenvalue weighted by molar-refractivity contribution is 6.12. The van der Waals surface area contributed by atoms with Gasteiger partial charge in [-0.1, -0.05) is 6.07 Å². The van der Waals surface area contributed by atoms with Crippen molar-refractivity contribution in [2.24, 2.45) is 10.7 Å². The average Bonchev–Trinajstić information content (AvgIpc) is 2.62. The standard InChI is InChI=1S/C21H26N4/c1-4-24-12-18(14(3)23)21-16-8-6-5-7-15(16)20-17(11-22)13(2)9-10-19(20)25-21/h9-12,22H,4-8,23H2,1-3H3/b18-14+,22-11?,24-12?. The summed E-state index contributed by atoms with van der Waals surface area (Å²) in [5, 5.41) is 9.03. The van der Waals surface area contributed by atoms with Crippen LogP contribution in [0.5, 0.6) is 0 Å². The molecule has 0 spiro atoms. The average molecular weight is 334 g/mol. The molecule has 1 heterocycles. The van der Waals surface area contributed by atoms with Gasteiger partial charge in [0.25, 0.3) is 0 Å². The number of nitrogens with two attached hydrogens (primary N) is 1. The van der Waals surface area contributed by atoms with Crippen molar-refractivity contribution in [3.8, 4) is 0 Å². The van der Waals surface area contributed by atoms with Gasteiger partial charge in [0.15, 0.2) is 0 Å². The van der Waals surface area contributed by atoms with Crippen LogP contribution in [0.4, 0.5) is 0 Å². The van der Waals surface area contributed by atoms with Gasteiger partial charge in [0.1, 0.15) is 0 Å². The maximum Gasteiger partial charge on any atom is 0.0777 e. The minimum atomic E-state index is 0.726. The second kappa shape index (κ2) is 7.18. The molecule has 0 bridgehead atoms. The number of aryl methyl sites for hydroxylation is 2. The minimum Gasteiger partial charge on any atom is -0.402 e. The van der Waals surface area contributed by atoms with Crippen LogP contribution in [-0.2, 0) is 12.8 Å². The number of hydrogen-bond donors (Lipinski definition) is 2. The molecular weight excluding hydrogens is 308 g/mol. The first-order chi connectivity index (χ1) is 12.1. The Kier molecular flexibility index (Phi) is 4.98. The molecule has 3 N–H and O–H groups in total. The molecule has 1 aliphatic carbocycles. The van der Waals surface area contributed by atoms with Crippen molar-refractivity contribution < 1.29 is 0 Å². The number of rotatable bonds is 4. The molecule has 25 heavy (non-hydrogen) atoms. The Morgan fingerprint density at radius 2 is 2.00 bits per heavy atom. The van der Waals surface area contributed by atoms with Crippen molar-refractivity contribution in [1.82, 2.24) is 4.98 Å². The van der Waals surface area contributed by atoms with Crippen LogP contribution in [0.25, 0.3) is 16.5 Å². The molecule has 1 aliphatic rings. The van der Waals surface area contributed by atoms with E-state index in [9.17, 15) is 0 Å². The number of nitrogens with zero attached hydrogens (tertiary/aromatic N) is 2. The molecule has 0 aliphatic heterocycles. The summed E-state index contributed by atoms with van der Waals surface area (Å²) in [5.74, 6) is 0. The second-order valence-corrected chi connectivity index (χ2v) is 6.68. The summed E-state index contributed by atoms with van der Waals surface area (Å²) in [6.07, 6.45) is 7.73. The quantitative estimate of drug-likeness (QED) is 0.822. The fraction of sp³-hybridized carbons (Fsp3) is 0.381. The molecule has 0 radical (unpaired) electrons. The van der Waals surface area contributed by atoms with Crippen molar-refractivity contribution in [3.63, 3.8) is 0 Å². The van der Waals surface area contributed by atoms with Crippen molar-refractivity contribution in [2.75, 3.05) is 6.54 Å². The van der Waals surface area contributed by atoms with E-state index in [0.717, 1.165) is 58.4 Å². The fourth-order valence-electron chi connectivity index (χ4n) is 3.69. The lowest BCUT2D eigenvalue weighted by atomic mass is 9.84. The van der Waals surface area contributed by atoms with E-state index in [1.54, 1.807) is 0 Å². The summed E-state index contributed by atoms with van der Waals surface area (Å²) in [6, 6.07) is 4.12. The summed E-state index contributed by atoms with van der Waals surface area (Å²) in [7, 11) is 0. The molecule has 1 aromatic carbocycles. The summed E-state index contributed by atoms with van der Waals surface area (Å²) in [6.45, 7) is 6.72. The predicted octanol–water partition coefficient (Wildman–Crippen LogP) is 4.20. The van der Waals surface area contributed by atoms with Crippen molar-refractivity contribution in [2.45, 2.75) is 46.5 Å². The first-order valence-corrected chi connectivity index (χ1v) is 9.00. The number of nitrogens with one attached hydrogen (secondary N) is 1. The number of aliphatic imine (C=N–C) groups is 1. The molecule has 0 saturated carbocycles. The highest BCUT2D eigenvalue weighted by Crippen LogP contribution is 2.35. The van der Waals surface area contributed by atoms with Crippen LogP contribution in [0.3, 0.4) is 0 Å². The zero-order valence-corrected chi connectivity index (χ0v) is 15.3. The van der Waals surface area contributed by atoms with Crippen molar-refractivity contribution >= 4 is 28.9 Å². The molecule has 4 nitrogen and oxygen atoms in total. The Morgan fingerprint density at radius 1 is 1.28 bits per heavy atom. The zero-order chi connectivity index (χ0) is 18.0. The smallest absolute Gasteiger partial charge is 0.0777 e. The zero-order valence-electron chi connectivity index (χ0n) is 15.3. The molecular formula is C21H26N4. The van der Waals surface area contributed by atoms with Gasteiger partial charge >= 0.3 is 0 Å². The molecule has 130 valence electrons. The van der Waals surface area contributed by atoms with Gasteiger partial charge in [0.2, 0.25) is 0 Å². The number of pyridine rings is 1. The minimum absolute atomic E-state index is 0.726.